The molecule has 0 amide bonds. The van der Waals surface area contributed by atoms with E-state index in [2.05, 4.69) is 0 Å². The highest BCUT2D eigenvalue weighted by Gasteiger charge is 2.37. The summed E-state index contributed by atoms with van der Waals surface area (Å²) < 4.78 is 52.3. The summed E-state index contributed by atoms with van der Waals surface area (Å²) in [5.41, 5.74) is 4.11. The number of benzene rings is 1. The van der Waals surface area contributed by atoms with E-state index in [-0.39, 0.29) is 23.3 Å². The fourth-order valence-electron chi connectivity index (χ4n) is 1.68. The molecule has 1 unspecified atom stereocenters. The average molecular weight is 320 g/mol. The van der Waals surface area contributed by atoms with Crippen molar-refractivity contribution in [2.24, 2.45) is 11.7 Å². The number of rotatable bonds is 3. The van der Waals surface area contributed by atoms with E-state index >= 15 is 0 Å². The predicted molar refractivity (Wildman–Crippen MR) is 70.0 cm³/mol. The molecule has 0 saturated heterocycles. The van der Waals surface area contributed by atoms with Gasteiger partial charge in [0.15, 0.2) is 0 Å². The molecular formula is C12H15Cl2F4N. The highest BCUT2D eigenvalue weighted by atomic mass is 35.5. The van der Waals surface area contributed by atoms with Crippen molar-refractivity contribution in [1.82, 2.24) is 0 Å². The van der Waals surface area contributed by atoms with Gasteiger partial charge in [-0.25, -0.2) is 4.39 Å². The topological polar surface area (TPSA) is 26.0 Å². The van der Waals surface area contributed by atoms with Gasteiger partial charge in [-0.15, -0.1) is 12.4 Å². The molecule has 0 aliphatic rings. The first-order valence-electron chi connectivity index (χ1n) is 5.50. The molecular weight excluding hydrogens is 305 g/mol. The summed E-state index contributed by atoms with van der Waals surface area (Å²) in [4.78, 5) is 0. The first-order valence-corrected chi connectivity index (χ1v) is 5.88. The number of hydrogen-bond donors (Lipinski definition) is 1. The first-order chi connectivity index (χ1) is 8.20. The van der Waals surface area contributed by atoms with Crippen LogP contribution in [0.1, 0.15) is 37.4 Å². The van der Waals surface area contributed by atoms with E-state index in [4.69, 9.17) is 17.3 Å². The highest BCUT2D eigenvalue weighted by molar-refractivity contribution is 6.30. The van der Waals surface area contributed by atoms with E-state index in [1.807, 2.05) is 0 Å². The van der Waals surface area contributed by atoms with Crippen LogP contribution in [0.4, 0.5) is 17.6 Å². The second-order valence-electron chi connectivity index (χ2n) is 4.23. The van der Waals surface area contributed by atoms with Gasteiger partial charge in [-0.05, 0) is 18.1 Å². The van der Waals surface area contributed by atoms with Crippen molar-refractivity contribution in [3.63, 3.8) is 0 Å². The molecule has 1 nitrogen and oxygen atoms in total. The molecule has 0 fully saturated rings. The third kappa shape index (κ3) is 3.97. The van der Waals surface area contributed by atoms with Gasteiger partial charge in [0.2, 0.25) is 0 Å². The second-order valence-corrected chi connectivity index (χ2v) is 4.64. The normalized spacial score (nSPS) is 14.7. The molecule has 1 aromatic rings. The molecule has 0 spiro atoms. The lowest BCUT2D eigenvalue weighted by Crippen LogP contribution is -2.24. The van der Waals surface area contributed by atoms with Crippen molar-refractivity contribution in [2.75, 3.05) is 0 Å². The van der Waals surface area contributed by atoms with Crippen molar-refractivity contribution in [1.29, 1.82) is 0 Å². The Hall–Kier alpha value is -0.520. The molecule has 110 valence electrons. The number of alkyl halides is 3. The van der Waals surface area contributed by atoms with E-state index < -0.39 is 29.2 Å². The summed E-state index contributed by atoms with van der Waals surface area (Å²) in [7, 11) is 0. The van der Waals surface area contributed by atoms with Gasteiger partial charge in [0.25, 0.3) is 0 Å². The van der Waals surface area contributed by atoms with Gasteiger partial charge in [0.05, 0.1) is 10.6 Å². The van der Waals surface area contributed by atoms with Crippen molar-refractivity contribution < 1.29 is 17.6 Å². The lowest BCUT2D eigenvalue weighted by atomic mass is 9.89. The van der Waals surface area contributed by atoms with Crippen LogP contribution in [0.3, 0.4) is 0 Å². The van der Waals surface area contributed by atoms with Crippen LogP contribution in [0.15, 0.2) is 12.1 Å². The monoisotopic (exact) mass is 319 g/mol. The van der Waals surface area contributed by atoms with Crippen LogP contribution in [0, 0.1) is 11.7 Å². The van der Waals surface area contributed by atoms with Gasteiger partial charge >= 0.3 is 6.18 Å². The average Bonchev–Trinajstić information content (AvgIpc) is 2.29. The summed E-state index contributed by atoms with van der Waals surface area (Å²) >= 11 is 5.53. The van der Waals surface area contributed by atoms with Crippen LogP contribution in [0.5, 0.6) is 0 Å². The third-order valence-corrected chi connectivity index (χ3v) is 3.32. The molecule has 2 atom stereocenters. The Labute approximate surface area is 120 Å². The lowest BCUT2D eigenvalue weighted by molar-refractivity contribution is -0.138. The quantitative estimate of drug-likeness (QED) is 0.782. The molecule has 0 aromatic heterocycles. The zero-order valence-corrected chi connectivity index (χ0v) is 12.0. The Morgan fingerprint density at radius 3 is 2.26 bits per heavy atom. The predicted octanol–water partition coefficient (Wildman–Crippen LogP) is 4.97. The fraction of sp³-hybridized carbons (Fsp3) is 0.500. The van der Waals surface area contributed by atoms with Gasteiger partial charge in [0, 0.05) is 11.6 Å². The van der Waals surface area contributed by atoms with Crippen molar-refractivity contribution in [2.45, 2.75) is 32.5 Å². The molecule has 0 aliphatic heterocycles. The lowest BCUT2D eigenvalue weighted by Gasteiger charge is -2.23. The Morgan fingerprint density at radius 2 is 1.84 bits per heavy atom. The van der Waals surface area contributed by atoms with Crippen molar-refractivity contribution >= 4 is 24.0 Å². The number of hydrogen-bond acceptors (Lipinski definition) is 1. The largest absolute Gasteiger partial charge is 0.416 e. The summed E-state index contributed by atoms with van der Waals surface area (Å²) in [6.45, 7) is 3.45. The van der Waals surface area contributed by atoms with Crippen LogP contribution in [0.2, 0.25) is 5.02 Å². The minimum Gasteiger partial charge on any atom is -0.324 e. The maximum Gasteiger partial charge on any atom is 0.416 e. The van der Waals surface area contributed by atoms with Crippen LogP contribution in [-0.4, -0.2) is 0 Å². The van der Waals surface area contributed by atoms with E-state index in [1.165, 1.54) is 0 Å². The molecule has 0 radical (unpaired) electrons. The number of nitrogens with two attached hydrogens (primary N) is 1. The molecule has 0 bridgehead atoms. The Morgan fingerprint density at radius 1 is 1.32 bits per heavy atom. The standard InChI is InChI=1S/C12H14ClF4N.ClH/c1-3-6(2)11(18)9-7(12(15,16)17)4-5-8(13)10(9)14;/h4-6,11H,3,18H2,1-2H3;1H/t6?,11-;/m0./s1. The molecule has 1 aromatic carbocycles. The van der Waals surface area contributed by atoms with E-state index in [1.54, 1.807) is 13.8 Å². The van der Waals surface area contributed by atoms with Gasteiger partial charge in [-0.1, -0.05) is 31.9 Å². The van der Waals surface area contributed by atoms with Crippen molar-refractivity contribution in [3.05, 3.63) is 34.1 Å². The Bertz CT molecular complexity index is 434. The molecule has 0 aliphatic carbocycles. The molecule has 0 saturated carbocycles. The van der Waals surface area contributed by atoms with Crippen LogP contribution in [0.25, 0.3) is 0 Å². The zero-order chi connectivity index (χ0) is 14.1. The van der Waals surface area contributed by atoms with Gasteiger partial charge in [-0.3, -0.25) is 0 Å². The van der Waals surface area contributed by atoms with E-state index in [0.29, 0.717) is 6.42 Å². The van der Waals surface area contributed by atoms with Crippen LogP contribution >= 0.6 is 24.0 Å². The van der Waals surface area contributed by atoms with Gasteiger partial charge < -0.3 is 5.73 Å². The second kappa shape index (κ2) is 6.77. The number of halogens is 6. The summed E-state index contributed by atoms with van der Waals surface area (Å²) in [5, 5.41) is -0.350. The zero-order valence-electron chi connectivity index (χ0n) is 10.4. The Balaban J connectivity index is 0.00000324. The molecule has 2 N–H and O–H groups in total. The van der Waals surface area contributed by atoms with Crippen molar-refractivity contribution in [3.8, 4) is 0 Å². The Kier molecular flexibility index (Phi) is 6.59. The molecule has 1 rings (SSSR count). The van der Waals surface area contributed by atoms with E-state index in [9.17, 15) is 17.6 Å². The molecule has 19 heavy (non-hydrogen) atoms. The molecule has 0 heterocycles. The van der Waals surface area contributed by atoms with Gasteiger partial charge in [0.1, 0.15) is 5.82 Å². The van der Waals surface area contributed by atoms with Gasteiger partial charge in [-0.2, -0.15) is 13.2 Å². The smallest absolute Gasteiger partial charge is 0.324 e. The third-order valence-electron chi connectivity index (χ3n) is 3.03. The van der Waals surface area contributed by atoms with Crippen LogP contribution in [-0.2, 0) is 6.18 Å². The van der Waals surface area contributed by atoms with Crippen LogP contribution < -0.4 is 5.73 Å². The minimum atomic E-state index is -4.65. The highest BCUT2D eigenvalue weighted by Crippen LogP contribution is 2.39. The fourth-order valence-corrected chi connectivity index (χ4v) is 1.84. The SMILES string of the molecule is CCC(C)[C@H](N)c1c(C(F)(F)F)ccc(Cl)c1F.Cl. The first kappa shape index (κ1) is 18.5. The van der Waals surface area contributed by atoms with E-state index in [0.717, 1.165) is 12.1 Å². The summed E-state index contributed by atoms with van der Waals surface area (Å²) in [5.74, 6) is -1.36. The summed E-state index contributed by atoms with van der Waals surface area (Å²) in [6.07, 6.45) is -4.10. The molecule has 7 heteroatoms. The maximum atomic E-state index is 13.8. The minimum absolute atomic E-state index is 0. The summed E-state index contributed by atoms with van der Waals surface area (Å²) in [6, 6.07) is 0.625. The maximum absolute atomic E-state index is 13.8.